The van der Waals surface area contributed by atoms with Crippen LogP contribution >= 0.6 is 0 Å². The first-order valence-corrected chi connectivity index (χ1v) is 3.57. The molecular weight excluding hydrogens is 174 g/mol. The molecule has 0 fully saturated rings. The van der Waals surface area contributed by atoms with E-state index in [2.05, 4.69) is 20.0 Å². The van der Waals surface area contributed by atoms with Gasteiger partial charge in [-0.3, -0.25) is 4.79 Å². The SMILES string of the molecule is COC(=O)C(=O)NCc1cnc[nH]1. The number of methoxy groups -OCH3 is 1. The van der Waals surface area contributed by atoms with Crippen LogP contribution in [-0.4, -0.2) is 29.0 Å². The number of rotatable bonds is 2. The summed E-state index contributed by atoms with van der Waals surface area (Å²) in [5.74, 6) is -1.67. The van der Waals surface area contributed by atoms with Crippen molar-refractivity contribution in [3.05, 3.63) is 18.2 Å². The van der Waals surface area contributed by atoms with Gasteiger partial charge in [-0.15, -0.1) is 0 Å². The molecule has 1 amide bonds. The zero-order valence-corrected chi connectivity index (χ0v) is 7.03. The number of aromatic amines is 1. The molecule has 0 aliphatic heterocycles. The van der Waals surface area contributed by atoms with Crippen LogP contribution in [0.4, 0.5) is 0 Å². The van der Waals surface area contributed by atoms with E-state index in [4.69, 9.17) is 0 Å². The molecule has 1 rings (SSSR count). The van der Waals surface area contributed by atoms with E-state index in [1.807, 2.05) is 0 Å². The van der Waals surface area contributed by atoms with Crippen molar-refractivity contribution in [2.24, 2.45) is 0 Å². The van der Waals surface area contributed by atoms with Gasteiger partial charge in [0.05, 0.1) is 25.7 Å². The minimum absolute atomic E-state index is 0.230. The largest absolute Gasteiger partial charge is 0.462 e. The smallest absolute Gasteiger partial charge is 0.396 e. The van der Waals surface area contributed by atoms with Gasteiger partial charge < -0.3 is 15.0 Å². The van der Waals surface area contributed by atoms with Gasteiger partial charge >= 0.3 is 11.9 Å². The Morgan fingerprint density at radius 2 is 2.46 bits per heavy atom. The van der Waals surface area contributed by atoms with E-state index < -0.39 is 11.9 Å². The lowest BCUT2D eigenvalue weighted by atomic mass is 10.4. The van der Waals surface area contributed by atoms with Gasteiger partial charge in [-0.25, -0.2) is 9.78 Å². The Kier molecular flexibility index (Phi) is 3.02. The van der Waals surface area contributed by atoms with Crippen molar-refractivity contribution in [1.82, 2.24) is 15.3 Å². The van der Waals surface area contributed by atoms with Gasteiger partial charge in [0.25, 0.3) is 0 Å². The van der Waals surface area contributed by atoms with Crippen molar-refractivity contribution < 1.29 is 14.3 Å². The molecule has 0 aromatic carbocycles. The van der Waals surface area contributed by atoms with E-state index in [0.717, 1.165) is 12.8 Å². The van der Waals surface area contributed by atoms with Crippen LogP contribution in [-0.2, 0) is 20.9 Å². The lowest BCUT2D eigenvalue weighted by Gasteiger charge is -2.00. The van der Waals surface area contributed by atoms with Gasteiger partial charge in [-0.2, -0.15) is 0 Å². The average molecular weight is 183 g/mol. The number of carbonyl (C=O) groups is 2. The van der Waals surface area contributed by atoms with E-state index in [-0.39, 0.29) is 6.54 Å². The number of esters is 1. The fraction of sp³-hybridized carbons (Fsp3) is 0.286. The molecule has 13 heavy (non-hydrogen) atoms. The zero-order chi connectivity index (χ0) is 9.68. The number of aromatic nitrogens is 2. The second kappa shape index (κ2) is 4.24. The highest BCUT2D eigenvalue weighted by Crippen LogP contribution is 1.88. The van der Waals surface area contributed by atoms with Crippen LogP contribution in [0.25, 0.3) is 0 Å². The first kappa shape index (κ1) is 9.24. The van der Waals surface area contributed by atoms with Crippen LogP contribution in [0, 0.1) is 0 Å². The van der Waals surface area contributed by atoms with Crippen molar-refractivity contribution in [3.8, 4) is 0 Å². The monoisotopic (exact) mass is 183 g/mol. The molecule has 0 saturated carbocycles. The number of hydrogen-bond acceptors (Lipinski definition) is 4. The molecule has 1 aromatic heterocycles. The topological polar surface area (TPSA) is 84.1 Å². The van der Waals surface area contributed by atoms with Crippen LogP contribution < -0.4 is 5.32 Å². The summed E-state index contributed by atoms with van der Waals surface area (Å²) in [4.78, 5) is 28.0. The number of H-pyrrole nitrogens is 1. The van der Waals surface area contributed by atoms with Gasteiger partial charge in [0.2, 0.25) is 0 Å². The lowest BCUT2D eigenvalue weighted by Crippen LogP contribution is -2.31. The molecule has 0 aliphatic rings. The normalized spacial score (nSPS) is 9.31. The maximum atomic E-state index is 10.8. The van der Waals surface area contributed by atoms with E-state index in [0.29, 0.717) is 0 Å². The summed E-state index contributed by atoms with van der Waals surface area (Å²) in [6, 6.07) is 0. The maximum Gasteiger partial charge on any atom is 0.396 e. The van der Waals surface area contributed by atoms with E-state index in [1.54, 1.807) is 6.20 Å². The average Bonchev–Trinajstić information content (AvgIpc) is 2.65. The number of carbonyl (C=O) groups excluding carboxylic acids is 2. The molecule has 6 heteroatoms. The summed E-state index contributed by atoms with van der Waals surface area (Å²) >= 11 is 0. The fourth-order valence-electron chi connectivity index (χ4n) is 0.722. The van der Waals surface area contributed by atoms with Gasteiger partial charge in [0.1, 0.15) is 0 Å². The predicted octanol–water partition coefficient (Wildman–Crippen LogP) is -0.801. The highest BCUT2D eigenvalue weighted by atomic mass is 16.5. The molecule has 6 nitrogen and oxygen atoms in total. The van der Waals surface area contributed by atoms with Crippen LogP contribution in [0.1, 0.15) is 5.69 Å². The molecule has 0 saturated heterocycles. The second-order valence-electron chi connectivity index (χ2n) is 2.25. The zero-order valence-electron chi connectivity index (χ0n) is 7.03. The minimum Gasteiger partial charge on any atom is -0.462 e. The fourth-order valence-corrected chi connectivity index (χ4v) is 0.722. The van der Waals surface area contributed by atoms with Crippen molar-refractivity contribution in [3.63, 3.8) is 0 Å². The van der Waals surface area contributed by atoms with Crippen molar-refractivity contribution in [2.45, 2.75) is 6.54 Å². The van der Waals surface area contributed by atoms with Crippen LogP contribution in [0.3, 0.4) is 0 Å². The van der Waals surface area contributed by atoms with Gasteiger partial charge in [0, 0.05) is 6.20 Å². The molecule has 1 heterocycles. The van der Waals surface area contributed by atoms with Gasteiger partial charge in [-0.1, -0.05) is 0 Å². The Morgan fingerprint density at radius 3 is 3.00 bits per heavy atom. The quantitative estimate of drug-likeness (QED) is 0.464. The molecule has 0 bridgehead atoms. The summed E-state index contributed by atoms with van der Waals surface area (Å²) in [5, 5.41) is 2.35. The summed E-state index contributed by atoms with van der Waals surface area (Å²) < 4.78 is 4.21. The lowest BCUT2D eigenvalue weighted by molar-refractivity contribution is -0.152. The molecule has 0 spiro atoms. The first-order chi connectivity index (χ1) is 6.24. The Balaban J connectivity index is 2.35. The number of nitrogens with zero attached hydrogens (tertiary/aromatic N) is 1. The maximum absolute atomic E-state index is 10.8. The minimum atomic E-state index is -0.903. The van der Waals surface area contributed by atoms with Crippen molar-refractivity contribution in [2.75, 3.05) is 7.11 Å². The Bertz CT molecular complexity index is 294. The molecule has 0 aliphatic carbocycles. The predicted molar refractivity (Wildman–Crippen MR) is 42.5 cm³/mol. The van der Waals surface area contributed by atoms with Gasteiger partial charge in [-0.05, 0) is 0 Å². The molecule has 0 radical (unpaired) electrons. The summed E-state index contributed by atoms with van der Waals surface area (Å²) in [6.45, 7) is 0.230. The standard InChI is InChI=1S/C7H9N3O3/c1-13-7(12)6(11)9-3-5-2-8-4-10-5/h2,4H,3H2,1H3,(H,8,10)(H,9,11). The van der Waals surface area contributed by atoms with Crippen molar-refractivity contribution >= 4 is 11.9 Å². The third kappa shape index (κ3) is 2.58. The molecule has 2 N–H and O–H groups in total. The molecule has 1 aromatic rings. The number of amides is 1. The first-order valence-electron chi connectivity index (χ1n) is 3.57. The second-order valence-corrected chi connectivity index (χ2v) is 2.25. The third-order valence-corrected chi connectivity index (χ3v) is 1.37. The summed E-state index contributed by atoms with van der Waals surface area (Å²) in [6.07, 6.45) is 3.04. The molecule has 0 atom stereocenters. The van der Waals surface area contributed by atoms with Crippen molar-refractivity contribution in [1.29, 1.82) is 0 Å². The third-order valence-electron chi connectivity index (χ3n) is 1.37. The van der Waals surface area contributed by atoms with E-state index in [1.165, 1.54) is 6.33 Å². The summed E-state index contributed by atoms with van der Waals surface area (Å²) in [5.41, 5.74) is 0.720. The highest BCUT2D eigenvalue weighted by Gasteiger charge is 2.12. The molecule has 0 unspecified atom stereocenters. The van der Waals surface area contributed by atoms with Crippen LogP contribution in [0.2, 0.25) is 0 Å². The van der Waals surface area contributed by atoms with Gasteiger partial charge in [0.15, 0.2) is 0 Å². The Morgan fingerprint density at radius 1 is 1.69 bits per heavy atom. The summed E-state index contributed by atoms with van der Waals surface area (Å²) in [7, 11) is 1.15. The number of ether oxygens (including phenoxy) is 1. The number of nitrogens with one attached hydrogen (secondary N) is 2. The molecule has 70 valence electrons. The Hall–Kier alpha value is -1.85. The number of hydrogen-bond donors (Lipinski definition) is 2. The van der Waals surface area contributed by atoms with E-state index >= 15 is 0 Å². The number of imidazole rings is 1. The van der Waals surface area contributed by atoms with Crippen LogP contribution in [0.15, 0.2) is 12.5 Å². The Labute approximate surface area is 74.3 Å². The van der Waals surface area contributed by atoms with E-state index in [9.17, 15) is 9.59 Å². The highest BCUT2D eigenvalue weighted by molar-refractivity contribution is 6.32. The molecular formula is C7H9N3O3. The van der Waals surface area contributed by atoms with Crippen LogP contribution in [0.5, 0.6) is 0 Å².